The lowest BCUT2D eigenvalue weighted by Crippen LogP contribution is -2.19. The highest BCUT2D eigenvalue weighted by Crippen LogP contribution is 2.38. The summed E-state index contributed by atoms with van der Waals surface area (Å²) in [6, 6.07) is 25.6. The van der Waals surface area contributed by atoms with E-state index in [-0.39, 0.29) is 18.1 Å². The molecule has 6 rings (SSSR count). The molecular formula is C33H29N5O3. The number of methoxy groups -OCH3 is 1. The Morgan fingerprint density at radius 1 is 0.854 bits per heavy atom. The SMILES string of the molecule is COC(=O)c1cccc(N2N=C(c3ccc(-c4ccc(OC(C)C)nc4)cc3)CC2c2ccc3nccnc3c2)c1. The van der Waals surface area contributed by atoms with Crippen LogP contribution >= 0.6 is 0 Å². The van der Waals surface area contributed by atoms with E-state index in [9.17, 15) is 4.79 Å². The van der Waals surface area contributed by atoms with Gasteiger partial charge in [-0.15, -0.1) is 0 Å². The number of hydrogen-bond acceptors (Lipinski definition) is 8. The molecule has 0 bridgehead atoms. The highest BCUT2D eigenvalue weighted by Gasteiger charge is 2.30. The lowest BCUT2D eigenvalue weighted by Gasteiger charge is -2.24. The third-order valence-corrected chi connectivity index (χ3v) is 6.96. The molecule has 0 amide bonds. The first kappa shape index (κ1) is 26.1. The minimum atomic E-state index is -0.387. The first-order valence-corrected chi connectivity index (χ1v) is 13.5. The molecule has 0 spiro atoms. The van der Waals surface area contributed by atoms with E-state index in [4.69, 9.17) is 14.6 Å². The smallest absolute Gasteiger partial charge is 0.337 e. The van der Waals surface area contributed by atoms with Gasteiger partial charge in [0.05, 0.1) is 47.3 Å². The number of aromatic nitrogens is 3. The predicted octanol–water partition coefficient (Wildman–Crippen LogP) is 6.62. The van der Waals surface area contributed by atoms with E-state index >= 15 is 0 Å². The number of anilines is 1. The molecular weight excluding hydrogens is 514 g/mol. The maximum atomic E-state index is 12.3. The van der Waals surface area contributed by atoms with Crippen molar-refractivity contribution in [2.45, 2.75) is 32.4 Å². The summed E-state index contributed by atoms with van der Waals surface area (Å²) in [7, 11) is 1.38. The van der Waals surface area contributed by atoms with Gasteiger partial charge >= 0.3 is 5.97 Å². The average Bonchev–Trinajstić information content (AvgIpc) is 3.46. The summed E-state index contributed by atoms with van der Waals surface area (Å²) in [5.41, 5.74) is 8.04. The highest BCUT2D eigenvalue weighted by molar-refractivity contribution is 6.04. The zero-order valence-corrected chi connectivity index (χ0v) is 23.1. The Morgan fingerprint density at radius 3 is 2.34 bits per heavy atom. The summed E-state index contributed by atoms with van der Waals surface area (Å²) in [5, 5.41) is 7.04. The fourth-order valence-electron chi connectivity index (χ4n) is 4.98. The van der Waals surface area contributed by atoms with Crippen LogP contribution in [0.15, 0.2) is 103 Å². The minimum absolute atomic E-state index is 0.0775. The van der Waals surface area contributed by atoms with Gasteiger partial charge in [-0.3, -0.25) is 15.0 Å². The van der Waals surface area contributed by atoms with E-state index in [1.165, 1.54) is 7.11 Å². The zero-order valence-electron chi connectivity index (χ0n) is 23.1. The summed E-state index contributed by atoms with van der Waals surface area (Å²) in [5.74, 6) is 0.226. The summed E-state index contributed by atoms with van der Waals surface area (Å²) in [6.45, 7) is 3.96. The molecule has 0 radical (unpaired) electrons. The number of esters is 1. The largest absolute Gasteiger partial charge is 0.475 e. The third kappa shape index (κ3) is 5.49. The zero-order chi connectivity index (χ0) is 28.3. The number of pyridine rings is 1. The van der Waals surface area contributed by atoms with E-state index in [0.717, 1.165) is 44.7 Å². The number of carbonyl (C=O) groups excluding carboxylic acids is 1. The average molecular weight is 544 g/mol. The number of fused-ring (bicyclic) bond motifs is 1. The fraction of sp³-hybridized carbons (Fsp3) is 0.182. The van der Waals surface area contributed by atoms with Crippen LogP contribution in [0.5, 0.6) is 5.88 Å². The van der Waals surface area contributed by atoms with Gasteiger partial charge in [-0.25, -0.2) is 9.78 Å². The van der Waals surface area contributed by atoms with Gasteiger partial charge in [-0.2, -0.15) is 5.10 Å². The summed E-state index contributed by atoms with van der Waals surface area (Å²) in [4.78, 5) is 25.6. The predicted molar refractivity (Wildman–Crippen MR) is 159 cm³/mol. The first-order chi connectivity index (χ1) is 20.0. The number of benzene rings is 3. The number of nitrogens with zero attached hydrogens (tertiary/aromatic N) is 5. The molecule has 3 heterocycles. The Hall–Kier alpha value is -5.11. The number of hydrazone groups is 1. The molecule has 204 valence electrons. The molecule has 1 unspecified atom stereocenters. The lowest BCUT2D eigenvalue weighted by atomic mass is 9.96. The quantitative estimate of drug-likeness (QED) is 0.213. The van der Waals surface area contributed by atoms with Crippen molar-refractivity contribution in [1.82, 2.24) is 15.0 Å². The van der Waals surface area contributed by atoms with Gasteiger partial charge in [0.15, 0.2) is 0 Å². The van der Waals surface area contributed by atoms with Crippen molar-refractivity contribution in [2.75, 3.05) is 12.1 Å². The van der Waals surface area contributed by atoms with Crippen LogP contribution in [0.1, 0.15) is 47.8 Å². The molecule has 0 aliphatic carbocycles. The molecule has 1 aliphatic rings. The van der Waals surface area contributed by atoms with Crippen molar-refractivity contribution in [2.24, 2.45) is 5.10 Å². The molecule has 8 nitrogen and oxygen atoms in total. The van der Waals surface area contributed by atoms with Gasteiger partial charge in [-0.05, 0) is 66.9 Å². The van der Waals surface area contributed by atoms with Crippen LogP contribution in [0.2, 0.25) is 0 Å². The second-order valence-corrected chi connectivity index (χ2v) is 10.1. The summed E-state index contributed by atoms with van der Waals surface area (Å²) < 4.78 is 10.6. The molecule has 8 heteroatoms. The Bertz CT molecular complexity index is 1730. The maximum Gasteiger partial charge on any atom is 0.337 e. The minimum Gasteiger partial charge on any atom is -0.475 e. The Morgan fingerprint density at radius 2 is 1.61 bits per heavy atom. The second kappa shape index (κ2) is 11.2. The van der Waals surface area contributed by atoms with E-state index in [0.29, 0.717) is 17.9 Å². The maximum absolute atomic E-state index is 12.3. The van der Waals surface area contributed by atoms with Crippen molar-refractivity contribution in [3.05, 3.63) is 114 Å². The van der Waals surface area contributed by atoms with Crippen LogP contribution < -0.4 is 9.75 Å². The van der Waals surface area contributed by atoms with Gasteiger partial charge in [0, 0.05) is 36.6 Å². The van der Waals surface area contributed by atoms with Crippen LogP contribution in [0, 0.1) is 0 Å². The van der Waals surface area contributed by atoms with Crippen LogP contribution in [0.3, 0.4) is 0 Å². The van der Waals surface area contributed by atoms with Crippen molar-refractivity contribution in [3.63, 3.8) is 0 Å². The third-order valence-electron chi connectivity index (χ3n) is 6.96. The van der Waals surface area contributed by atoms with Crippen molar-refractivity contribution >= 4 is 28.4 Å². The standard InChI is InChI=1S/C33H29N5O3/c1-21(2)41-32-14-12-26(20-36-32)22-7-9-23(10-8-22)29-19-31(24-11-13-28-30(18-24)35-16-15-34-28)38(37-29)27-6-4-5-25(17-27)33(39)40-3/h4-18,20-21,31H,19H2,1-3H3. The summed E-state index contributed by atoms with van der Waals surface area (Å²) >= 11 is 0. The van der Waals surface area contributed by atoms with Gasteiger partial charge in [0.25, 0.3) is 0 Å². The van der Waals surface area contributed by atoms with E-state index in [1.807, 2.05) is 61.5 Å². The number of hydrogen-bond donors (Lipinski definition) is 0. The normalized spacial score (nSPS) is 14.8. The molecule has 1 aliphatic heterocycles. The Kier molecular flexibility index (Phi) is 7.12. The van der Waals surface area contributed by atoms with Gasteiger partial charge in [0.1, 0.15) is 0 Å². The van der Waals surface area contributed by atoms with E-state index < -0.39 is 0 Å². The molecule has 0 N–H and O–H groups in total. The molecule has 1 atom stereocenters. The number of rotatable bonds is 7. The van der Waals surface area contributed by atoms with Crippen molar-refractivity contribution < 1.29 is 14.3 Å². The van der Waals surface area contributed by atoms with E-state index in [2.05, 4.69) is 51.4 Å². The molecule has 0 fully saturated rings. The van der Waals surface area contributed by atoms with Gasteiger partial charge < -0.3 is 9.47 Å². The topological polar surface area (TPSA) is 89.8 Å². The van der Waals surface area contributed by atoms with Gasteiger partial charge in [-0.1, -0.05) is 36.4 Å². The molecule has 41 heavy (non-hydrogen) atoms. The molecule has 0 saturated heterocycles. The van der Waals surface area contributed by atoms with E-state index in [1.54, 1.807) is 18.5 Å². The van der Waals surface area contributed by atoms with Crippen molar-refractivity contribution in [1.29, 1.82) is 0 Å². The highest BCUT2D eigenvalue weighted by atomic mass is 16.5. The Balaban J connectivity index is 1.33. The van der Waals surface area contributed by atoms with Crippen molar-refractivity contribution in [3.8, 4) is 17.0 Å². The molecule has 5 aromatic rings. The summed E-state index contributed by atoms with van der Waals surface area (Å²) in [6.07, 6.45) is 5.97. The number of carbonyl (C=O) groups is 1. The van der Waals surface area contributed by atoms with Crippen LogP contribution in [0.25, 0.3) is 22.2 Å². The molecule has 3 aromatic carbocycles. The van der Waals surface area contributed by atoms with Crippen LogP contribution in [-0.4, -0.2) is 39.8 Å². The first-order valence-electron chi connectivity index (χ1n) is 13.5. The second-order valence-electron chi connectivity index (χ2n) is 10.1. The Labute approximate surface area is 238 Å². The molecule has 0 saturated carbocycles. The fourth-order valence-corrected chi connectivity index (χ4v) is 4.98. The van der Waals surface area contributed by atoms with Crippen LogP contribution in [-0.2, 0) is 4.74 Å². The lowest BCUT2D eigenvalue weighted by molar-refractivity contribution is 0.0600. The monoisotopic (exact) mass is 543 g/mol. The number of ether oxygens (including phenoxy) is 2. The van der Waals surface area contributed by atoms with Gasteiger partial charge in [0.2, 0.25) is 5.88 Å². The van der Waals surface area contributed by atoms with Crippen LogP contribution in [0.4, 0.5) is 5.69 Å². The molecule has 2 aromatic heterocycles.